The molecule has 0 aromatic heterocycles. The van der Waals surface area contributed by atoms with Crippen LogP contribution in [0.25, 0.3) is 0 Å². The monoisotopic (exact) mass is 281 g/mol. The Morgan fingerprint density at radius 2 is 1.80 bits per heavy atom. The Hall–Kier alpha value is -0.570. The molecule has 3 nitrogen and oxygen atoms in total. The highest BCUT2D eigenvalue weighted by Gasteiger charge is 2.40. The first kappa shape index (κ1) is 15.8. The Balaban J connectivity index is 1.89. The van der Waals surface area contributed by atoms with E-state index < -0.39 is 5.97 Å². The van der Waals surface area contributed by atoms with Crippen molar-refractivity contribution in [2.24, 2.45) is 5.92 Å². The Labute approximate surface area is 123 Å². The van der Waals surface area contributed by atoms with Crippen molar-refractivity contribution in [1.29, 1.82) is 0 Å². The summed E-state index contributed by atoms with van der Waals surface area (Å²) >= 11 is 0. The van der Waals surface area contributed by atoms with Gasteiger partial charge in [-0.25, -0.2) is 0 Å². The van der Waals surface area contributed by atoms with E-state index in [2.05, 4.69) is 11.8 Å². The smallest absolute Gasteiger partial charge is 0.320 e. The van der Waals surface area contributed by atoms with Crippen molar-refractivity contribution < 1.29 is 9.90 Å². The van der Waals surface area contributed by atoms with E-state index in [4.69, 9.17) is 0 Å². The van der Waals surface area contributed by atoms with Crippen LogP contribution in [-0.4, -0.2) is 34.6 Å². The van der Waals surface area contributed by atoms with Crippen LogP contribution in [0.15, 0.2) is 0 Å². The number of hydrogen-bond donors (Lipinski definition) is 1. The maximum atomic E-state index is 11.5. The predicted octanol–water partition coefficient (Wildman–Crippen LogP) is 4.06. The van der Waals surface area contributed by atoms with Gasteiger partial charge in [-0.05, 0) is 44.6 Å². The molecule has 1 aliphatic carbocycles. The standard InChI is InChI=1S/C17H31NO2/c1-2-3-4-5-8-13-18-15-10-7-6-9-14(15)11-12-16(18)17(19)20/h14-16H,2-13H2,1H3,(H,19,20). The van der Waals surface area contributed by atoms with Crippen molar-refractivity contribution in [2.75, 3.05) is 6.54 Å². The van der Waals surface area contributed by atoms with E-state index in [1.54, 1.807) is 0 Å². The molecule has 116 valence electrons. The van der Waals surface area contributed by atoms with Gasteiger partial charge in [0, 0.05) is 6.04 Å². The second-order valence-electron chi connectivity index (χ2n) is 6.70. The van der Waals surface area contributed by atoms with Gasteiger partial charge in [0.2, 0.25) is 0 Å². The number of carboxylic acid groups (broad SMARTS) is 1. The zero-order chi connectivity index (χ0) is 14.4. The largest absolute Gasteiger partial charge is 0.480 e. The second-order valence-corrected chi connectivity index (χ2v) is 6.70. The predicted molar refractivity (Wildman–Crippen MR) is 81.9 cm³/mol. The van der Waals surface area contributed by atoms with Gasteiger partial charge < -0.3 is 5.11 Å². The van der Waals surface area contributed by atoms with Crippen molar-refractivity contribution in [3.8, 4) is 0 Å². The Morgan fingerprint density at radius 3 is 2.55 bits per heavy atom. The Bertz CT molecular complexity index is 305. The minimum Gasteiger partial charge on any atom is -0.480 e. The van der Waals surface area contributed by atoms with Crippen molar-refractivity contribution in [2.45, 2.75) is 89.6 Å². The molecule has 2 aliphatic rings. The second kappa shape index (κ2) is 8.02. The zero-order valence-electron chi connectivity index (χ0n) is 13.0. The number of carbonyl (C=O) groups is 1. The summed E-state index contributed by atoms with van der Waals surface area (Å²) in [7, 11) is 0. The molecule has 0 amide bonds. The van der Waals surface area contributed by atoms with Crippen LogP contribution in [0.1, 0.15) is 77.6 Å². The maximum absolute atomic E-state index is 11.5. The molecule has 2 fully saturated rings. The van der Waals surface area contributed by atoms with Gasteiger partial charge in [-0.15, -0.1) is 0 Å². The lowest BCUT2D eigenvalue weighted by molar-refractivity contribution is -0.148. The molecule has 1 heterocycles. The fourth-order valence-corrected chi connectivity index (χ4v) is 4.22. The molecule has 1 saturated carbocycles. The summed E-state index contributed by atoms with van der Waals surface area (Å²) in [6.45, 7) is 3.24. The van der Waals surface area contributed by atoms with E-state index in [-0.39, 0.29) is 6.04 Å². The van der Waals surface area contributed by atoms with Gasteiger partial charge in [0.1, 0.15) is 6.04 Å². The normalized spacial score (nSPS) is 30.9. The zero-order valence-corrected chi connectivity index (χ0v) is 13.0. The summed E-state index contributed by atoms with van der Waals surface area (Å²) in [5.74, 6) is 0.178. The summed E-state index contributed by atoms with van der Waals surface area (Å²) in [5, 5.41) is 9.50. The molecule has 3 atom stereocenters. The van der Waals surface area contributed by atoms with E-state index in [1.165, 1.54) is 57.8 Å². The number of piperidine rings is 1. The van der Waals surface area contributed by atoms with Crippen LogP contribution in [0.2, 0.25) is 0 Å². The van der Waals surface area contributed by atoms with Gasteiger partial charge in [-0.3, -0.25) is 9.69 Å². The highest BCUT2D eigenvalue weighted by Crippen LogP contribution is 2.38. The third-order valence-corrected chi connectivity index (χ3v) is 5.31. The molecule has 3 heteroatoms. The molecule has 20 heavy (non-hydrogen) atoms. The molecule has 0 radical (unpaired) electrons. The first-order chi connectivity index (χ1) is 9.74. The molecule has 0 aromatic carbocycles. The number of likely N-dealkylation sites (tertiary alicyclic amines) is 1. The number of unbranched alkanes of at least 4 members (excludes halogenated alkanes) is 4. The third kappa shape index (κ3) is 3.97. The number of nitrogens with zero attached hydrogens (tertiary/aromatic N) is 1. The minimum atomic E-state index is -0.595. The average Bonchev–Trinajstić information content (AvgIpc) is 2.46. The minimum absolute atomic E-state index is 0.208. The van der Waals surface area contributed by atoms with Gasteiger partial charge in [0.15, 0.2) is 0 Å². The van der Waals surface area contributed by atoms with Crippen LogP contribution in [0, 0.1) is 5.92 Å². The third-order valence-electron chi connectivity index (χ3n) is 5.31. The van der Waals surface area contributed by atoms with Crippen molar-refractivity contribution in [3.63, 3.8) is 0 Å². The summed E-state index contributed by atoms with van der Waals surface area (Å²) < 4.78 is 0. The number of aliphatic carboxylic acids is 1. The van der Waals surface area contributed by atoms with Crippen molar-refractivity contribution in [1.82, 2.24) is 4.90 Å². The van der Waals surface area contributed by atoms with E-state index in [0.717, 1.165) is 25.3 Å². The van der Waals surface area contributed by atoms with Gasteiger partial charge in [0.25, 0.3) is 0 Å². The first-order valence-electron chi connectivity index (χ1n) is 8.72. The van der Waals surface area contributed by atoms with E-state index in [0.29, 0.717) is 6.04 Å². The highest BCUT2D eigenvalue weighted by atomic mass is 16.4. The fraction of sp³-hybridized carbons (Fsp3) is 0.941. The van der Waals surface area contributed by atoms with Crippen LogP contribution < -0.4 is 0 Å². The van der Waals surface area contributed by atoms with Crippen LogP contribution in [0.3, 0.4) is 0 Å². The topological polar surface area (TPSA) is 40.5 Å². The fourth-order valence-electron chi connectivity index (χ4n) is 4.22. The summed E-state index contributed by atoms with van der Waals surface area (Å²) in [6, 6.07) is 0.352. The highest BCUT2D eigenvalue weighted by molar-refractivity contribution is 5.73. The van der Waals surface area contributed by atoms with Crippen LogP contribution in [0.5, 0.6) is 0 Å². The van der Waals surface area contributed by atoms with Gasteiger partial charge in [0.05, 0.1) is 0 Å². The summed E-state index contributed by atoms with van der Waals surface area (Å²) in [5.41, 5.74) is 0. The van der Waals surface area contributed by atoms with Crippen LogP contribution in [-0.2, 0) is 4.79 Å². The number of rotatable bonds is 7. The van der Waals surface area contributed by atoms with E-state index in [9.17, 15) is 9.90 Å². The Kier molecular flexibility index (Phi) is 6.34. The molecular weight excluding hydrogens is 250 g/mol. The molecule has 3 unspecified atom stereocenters. The number of hydrogen-bond acceptors (Lipinski definition) is 2. The quantitative estimate of drug-likeness (QED) is 0.715. The van der Waals surface area contributed by atoms with E-state index in [1.807, 2.05) is 0 Å². The molecule has 0 bridgehead atoms. The van der Waals surface area contributed by atoms with Gasteiger partial charge in [-0.1, -0.05) is 45.4 Å². The van der Waals surface area contributed by atoms with Crippen LogP contribution in [0.4, 0.5) is 0 Å². The molecule has 0 aromatic rings. The van der Waals surface area contributed by atoms with Crippen molar-refractivity contribution in [3.05, 3.63) is 0 Å². The first-order valence-corrected chi connectivity index (χ1v) is 8.72. The molecule has 2 rings (SSSR count). The molecule has 0 spiro atoms. The van der Waals surface area contributed by atoms with Crippen LogP contribution >= 0.6 is 0 Å². The van der Waals surface area contributed by atoms with Gasteiger partial charge in [-0.2, -0.15) is 0 Å². The number of carboxylic acids is 1. The molecule has 1 N–H and O–H groups in total. The summed E-state index contributed by atoms with van der Waals surface area (Å²) in [6.07, 6.45) is 13.5. The maximum Gasteiger partial charge on any atom is 0.320 e. The lowest BCUT2D eigenvalue weighted by Crippen LogP contribution is -2.55. The lowest BCUT2D eigenvalue weighted by Gasteiger charge is -2.47. The van der Waals surface area contributed by atoms with Crippen molar-refractivity contribution >= 4 is 5.97 Å². The SMILES string of the molecule is CCCCCCCN1C(C(=O)O)CCC2CCCCC21. The van der Waals surface area contributed by atoms with E-state index >= 15 is 0 Å². The molecular formula is C17H31NO2. The lowest BCUT2D eigenvalue weighted by atomic mass is 9.76. The summed E-state index contributed by atoms with van der Waals surface area (Å²) in [4.78, 5) is 13.9. The Morgan fingerprint density at radius 1 is 1.05 bits per heavy atom. The number of fused-ring (bicyclic) bond motifs is 1. The average molecular weight is 281 g/mol. The van der Waals surface area contributed by atoms with Gasteiger partial charge >= 0.3 is 5.97 Å². The molecule has 1 aliphatic heterocycles. The molecule has 1 saturated heterocycles.